The first-order valence-corrected chi connectivity index (χ1v) is 7.70. The van der Waals surface area contributed by atoms with Crippen LogP contribution in [0.1, 0.15) is 12.0 Å². The van der Waals surface area contributed by atoms with Gasteiger partial charge >= 0.3 is 5.97 Å². The van der Waals surface area contributed by atoms with Gasteiger partial charge in [-0.2, -0.15) is 0 Å². The zero-order valence-electron chi connectivity index (χ0n) is 13.0. The van der Waals surface area contributed by atoms with Gasteiger partial charge in [-0.15, -0.1) is 0 Å². The Morgan fingerprint density at radius 3 is 3.00 bits per heavy atom. The van der Waals surface area contributed by atoms with Crippen molar-refractivity contribution in [3.05, 3.63) is 36.0 Å². The molecule has 1 fully saturated rings. The summed E-state index contributed by atoms with van der Waals surface area (Å²) in [6, 6.07) is 7.15. The van der Waals surface area contributed by atoms with E-state index in [4.69, 9.17) is 9.47 Å². The number of aromatic nitrogens is 1. The maximum Gasteiger partial charge on any atom is 0.328 e. The normalized spacial score (nSPS) is 18.7. The van der Waals surface area contributed by atoms with Crippen molar-refractivity contribution in [1.29, 1.82) is 0 Å². The Hall–Kier alpha value is -2.34. The van der Waals surface area contributed by atoms with Gasteiger partial charge in [0.15, 0.2) is 0 Å². The first kappa shape index (κ1) is 15.6. The van der Waals surface area contributed by atoms with Gasteiger partial charge in [0, 0.05) is 30.1 Å². The lowest BCUT2D eigenvalue weighted by Crippen LogP contribution is -2.45. The summed E-state index contributed by atoms with van der Waals surface area (Å²) in [7, 11) is 1.33. The van der Waals surface area contributed by atoms with Gasteiger partial charge in [0.1, 0.15) is 6.04 Å². The molecule has 122 valence electrons. The second kappa shape index (κ2) is 6.83. The van der Waals surface area contributed by atoms with E-state index in [0.29, 0.717) is 26.1 Å². The summed E-state index contributed by atoms with van der Waals surface area (Å²) in [5.74, 6) is -0.787. The highest BCUT2D eigenvalue weighted by molar-refractivity contribution is 5.88. The van der Waals surface area contributed by atoms with Crippen LogP contribution in [0.25, 0.3) is 10.9 Å². The predicted octanol–water partition coefficient (Wildman–Crippen LogP) is 1.40. The fourth-order valence-corrected chi connectivity index (χ4v) is 2.89. The van der Waals surface area contributed by atoms with E-state index in [9.17, 15) is 9.59 Å². The molecule has 2 N–H and O–H groups in total. The van der Waals surface area contributed by atoms with Gasteiger partial charge in [0.2, 0.25) is 5.91 Å². The molecule has 1 unspecified atom stereocenters. The Morgan fingerprint density at radius 2 is 2.26 bits per heavy atom. The van der Waals surface area contributed by atoms with Crippen LogP contribution in [0.3, 0.4) is 0 Å². The summed E-state index contributed by atoms with van der Waals surface area (Å²) in [4.78, 5) is 27.5. The van der Waals surface area contributed by atoms with Crippen molar-refractivity contribution in [2.45, 2.75) is 18.9 Å². The molecule has 1 saturated heterocycles. The fraction of sp³-hybridized carbons (Fsp3) is 0.412. The summed E-state index contributed by atoms with van der Waals surface area (Å²) >= 11 is 0. The average Bonchev–Trinajstić information content (AvgIpc) is 3.23. The van der Waals surface area contributed by atoms with E-state index in [-0.39, 0.29) is 11.8 Å². The van der Waals surface area contributed by atoms with E-state index >= 15 is 0 Å². The molecular formula is C17H20N2O4. The topological polar surface area (TPSA) is 80.4 Å². The second-order valence-corrected chi connectivity index (χ2v) is 5.71. The first-order chi connectivity index (χ1) is 11.2. The van der Waals surface area contributed by atoms with Gasteiger partial charge < -0.3 is 19.8 Å². The zero-order valence-corrected chi connectivity index (χ0v) is 13.0. The lowest BCUT2D eigenvalue weighted by molar-refractivity contribution is -0.145. The number of methoxy groups -OCH3 is 1. The number of H-pyrrole nitrogens is 1. The number of rotatable bonds is 5. The molecule has 0 aliphatic carbocycles. The zero-order chi connectivity index (χ0) is 16.2. The fourth-order valence-electron chi connectivity index (χ4n) is 2.89. The second-order valence-electron chi connectivity index (χ2n) is 5.71. The van der Waals surface area contributed by atoms with Crippen LogP contribution in [-0.2, 0) is 25.5 Å². The quantitative estimate of drug-likeness (QED) is 0.817. The highest BCUT2D eigenvalue weighted by Gasteiger charge is 2.29. The summed E-state index contributed by atoms with van der Waals surface area (Å²) < 4.78 is 10.1. The third-order valence-electron chi connectivity index (χ3n) is 4.20. The van der Waals surface area contributed by atoms with Crippen LogP contribution in [-0.4, -0.2) is 43.2 Å². The molecule has 1 amide bonds. The number of fused-ring (bicyclic) bond motifs is 1. The molecule has 3 rings (SSSR count). The Labute approximate surface area is 134 Å². The minimum absolute atomic E-state index is 0.155. The predicted molar refractivity (Wildman–Crippen MR) is 84.9 cm³/mol. The van der Waals surface area contributed by atoms with Gasteiger partial charge in [0.25, 0.3) is 0 Å². The van der Waals surface area contributed by atoms with Crippen molar-refractivity contribution in [3.8, 4) is 0 Å². The molecule has 1 aliphatic heterocycles. The van der Waals surface area contributed by atoms with Gasteiger partial charge in [-0.1, -0.05) is 18.2 Å². The van der Waals surface area contributed by atoms with Gasteiger partial charge in [-0.05, 0) is 18.1 Å². The van der Waals surface area contributed by atoms with Crippen LogP contribution >= 0.6 is 0 Å². The maximum atomic E-state index is 12.3. The van der Waals surface area contributed by atoms with Gasteiger partial charge in [0.05, 0.1) is 19.6 Å². The van der Waals surface area contributed by atoms with E-state index in [0.717, 1.165) is 16.5 Å². The minimum Gasteiger partial charge on any atom is -0.467 e. The van der Waals surface area contributed by atoms with Crippen molar-refractivity contribution in [2.24, 2.45) is 5.92 Å². The number of carbonyl (C=O) groups is 2. The van der Waals surface area contributed by atoms with Gasteiger partial charge in [-0.25, -0.2) is 4.79 Å². The molecule has 0 bridgehead atoms. The van der Waals surface area contributed by atoms with E-state index in [1.807, 2.05) is 30.5 Å². The number of ether oxygens (including phenoxy) is 2. The number of esters is 1. The van der Waals surface area contributed by atoms with E-state index in [1.54, 1.807) is 0 Å². The van der Waals surface area contributed by atoms with Gasteiger partial charge in [-0.3, -0.25) is 4.79 Å². The van der Waals surface area contributed by atoms with Crippen LogP contribution in [0.5, 0.6) is 0 Å². The molecular weight excluding hydrogens is 296 g/mol. The molecule has 1 aliphatic rings. The lowest BCUT2D eigenvalue weighted by Gasteiger charge is -2.18. The Bertz CT molecular complexity index is 703. The third-order valence-corrected chi connectivity index (χ3v) is 4.20. The summed E-state index contributed by atoms with van der Waals surface area (Å²) in [6.07, 6.45) is 2.94. The number of hydrogen-bond acceptors (Lipinski definition) is 4. The smallest absolute Gasteiger partial charge is 0.328 e. The van der Waals surface area contributed by atoms with E-state index in [2.05, 4.69) is 10.3 Å². The Balaban J connectivity index is 1.76. The first-order valence-electron chi connectivity index (χ1n) is 7.70. The SMILES string of the molecule is COC(=O)[C@@H](Cc1c[nH]c2ccccc12)NC(=O)C1CCOC1. The Kier molecular flexibility index (Phi) is 4.62. The van der Waals surface area contributed by atoms with E-state index in [1.165, 1.54) is 7.11 Å². The molecule has 2 atom stereocenters. The van der Waals surface area contributed by atoms with Crippen LogP contribution in [0, 0.1) is 5.92 Å². The number of hydrogen-bond donors (Lipinski definition) is 2. The molecule has 2 heterocycles. The molecule has 23 heavy (non-hydrogen) atoms. The molecule has 6 nitrogen and oxygen atoms in total. The molecule has 1 aromatic heterocycles. The summed E-state index contributed by atoms with van der Waals surface area (Å²) in [5, 5.41) is 3.85. The average molecular weight is 316 g/mol. The highest BCUT2D eigenvalue weighted by atomic mass is 16.5. The molecule has 0 spiro atoms. The number of para-hydroxylation sites is 1. The number of nitrogens with one attached hydrogen (secondary N) is 2. The molecule has 0 radical (unpaired) electrons. The largest absolute Gasteiger partial charge is 0.467 e. The number of amides is 1. The molecule has 6 heteroatoms. The standard InChI is InChI=1S/C17H20N2O4/c1-22-17(21)15(19-16(20)11-6-7-23-10-11)8-12-9-18-14-5-3-2-4-13(12)14/h2-5,9,11,15,18H,6-8,10H2,1H3,(H,19,20)/t11?,15-/m1/s1. The van der Waals surface area contributed by atoms with Crippen LogP contribution in [0.15, 0.2) is 30.5 Å². The highest BCUT2D eigenvalue weighted by Crippen LogP contribution is 2.20. The van der Waals surface area contributed by atoms with Crippen molar-refractivity contribution >= 4 is 22.8 Å². The van der Waals surface area contributed by atoms with Crippen molar-refractivity contribution in [3.63, 3.8) is 0 Å². The number of carbonyl (C=O) groups excluding carboxylic acids is 2. The van der Waals surface area contributed by atoms with E-state index < -0.39 is 12.0 Å². The van der Waals surface area contributed by atoms with Crippen molar-refractivity contribution < 1.29 is 19.1 Å². The third kappa shape index (κ3) is 3.37. The molecule has 2 aromatic rings. The lowest BCUT2D eigenvalue weighted by atomic mass is 10.0. The number of aromatic amines is 1. The van der Waals surface area contributed by atoms with Crippen LogP contribution in [0.4, 0.5) is 0 Å². The van der Waals surface area contributed by atoms with Crippen molar-refractivity contribution in [2.75, 3.05) is 20.3 Å². The monoisotopic (exact) mass is 316 g/mol. The molecule has 1 aromatic carbocycles. The molecule has 0 saturated carbocycles. The summed E-state index contributed by atoms with van der Waals surface area (Å²) in [6.45, 7) is 0.996. The maximum absolute atomic E-state index is 12.3. The number of benzene rings is 1. The van der Waals surface area contributed by atoms with Crippen LogP contribution < -0.4 is 5.32 Å². The minimum atomic E-state index is -0.702. The van der Waals surface area contributed by atoms with Crippen LogP contribution in [0.2, 0.25) is 0 Å². The Morgan fingerprint density at radius 1 is 1.43 bits per heavy atom. The van der Waals surface area contributed by atoms with Crippen molar-refractivity contribution in [1.82, 2.24) is 10.3 Å². The summed E-state index contributed by atoms with van der Waals surface area (Å²) in [5.41, 5.74) is 1.97.